The van der Waals surface area contributed by atoms with Crippen LogP contribution in [-0.4, -0.2) is 20.8 Å². The molecule has 0 radical (unpaired) electrons. The quantitative estimate of drug-likeness (QED) is 0.550. The maximum atomic E-state index is 12.1. The molecule has 0 N–H and O–H groups in total. The number of nitrogens with zero attached hydrogens (tertiary/aromatic N) is 3. The molecule has 0 unspecified atom stereocenters. The molecule has 1 aliphatic carbocycles. The summed E-state index contributed by atoms with van der Waals surface area (Å²) in [5.41, 5.74) is 0.655. The fourth-order valence-corrected chi connectivity index (χ4v) is 2.26. The lowest BCUT2D eigenvalue weighted by Crippen LogP contribution is -2.17. The largest absolute Gasteiger partial charge is 0.292 e. The van der Waals surface area contributed by atoms with Gasteiger partial charge in [0.15, 0.2) is 5.78 Å². The lowest BCUT2D eigenvalue weighted by molar-refractivity contribution is 0.0898. The summed E-state index contributed by atoms with van der Waals surface area (Å²) < 4.78 is 1.58. The molecule has 0 atom stereocenters. The first-order valence-electron chi connectivity index (χ1n) is 5.68. The Labute approximate surface area is 89.7 Å². The predicted octanol–water partition coefficient (Wildman–Crippen LogP) is 1.97. The topological polar surface area (TPSA) is 47.8 Å². The van der Waals surface area contributed by atoms with Crippen molar-refractivity contribution in [1.29, 1.82) is 0 Å². The van der Waals surface area contributed by atoms with Crippen molar-refractivity contribution < 1.29 is 4.79 Å². The second kappa shape index (κ2) is 4.55. The minimum atomic E-state index is 0.199. The van der Waals surface area contributed by atoms with E-state index in [0.29, 0.717) is 5.69 Å². The van der Waals surface area contributed by atoms with E-state index in [9.17, 15) is 4.79 Å². The van der Waals surface area contributed by atoms with Gasteiger partial charge in [-0.15, -0.1) is 5.10 Å². The Balaban J connectivity index is 2.09. The van der Waals surface area contributed by atoms with E-state index in [4.69, 9.17) is 0 Å². The summed E-state index contributed by atoms with van der Waals surface area (Å²) in [6.07, 6.45) is 8.55. The lowest BCUT2D eigenvalue weighted by atomic mass is 9.94. The first kappa shape index (κ1) is 10.3. The minimum absolute atomic E-state index is 0.199. The van der Waals surface area contributed by atoms with E-state index in [0.717, 1.165) is 12.8 Å². The van der Waals surface area contributed by atoms with Gasteiger partial charge in [-0.1, -0.05) is 30.9 Å². The minimum Gasteiger partial charge on any atom is -0.292 e. The van der Waals surface area contributed by atoms with Gasteiger partial charge in [-0.05, 0) is 12.8 Å². The molecule has 2 rings (SSSR count). The van der Waals surface area contributed by atoms with Crippen LogP contribution in [0.4, 0.5) is 0 Å². The van der Waals surface area contributed by atoms with Crippen molar-refractivity contribution in [3.8, 4) is 0 Å². The Morgan fingerprint density at radius 1 is 1.33 bits per heavy atom. The van der Waals surface area contributed by atoms with E-state index in [-0.39, 0.29) is 11.7 Å². The van der Waals surface area contributed by atoms with Crippen molar-refractivity contribution in [2.45, 2.75) is 38.5 Å². The number of carbonyl (C=O) groups is 1. The number of hydrogen-bond acceptors (Lipinski definition) is 3. The van der Waals surface area contributed by atoms with Gasteiger partial charge in [0.2, 0.25) is 0 Å². The van der Waals surface area contributed by atoms with E-state index in [1.165, 1.54) is 25.7 Å². The Kier molecular flexibility index (Phi) is 3.14. The summed E-state index contributed by atoms with van der Waals surface area (Å²) in [5, 5.41) is 7.55. The van der Waals surface area contributed by atoms with E-state index in [1.807, 2.05) is 0 Å². The molecule has 15 heavy (non-hydrogen) atoms. The van der Waals surface area contributed by atoms with Crippen LogP contribution in [0, 0.1) is 5.92 Å². The summed E-state index contributed by atoms with van der Waals surface area (Å²) in [5.74, 6) is 0.425. The van der Waals surface area contributed by atoms with Gasteiger partial charge < -0.3 is 0 Å². The van der Waals surface area contributed by atoms with Crippen LogP contribution < -0.4 is 0 Å². The molecule has 1 heterocycles. The Bertz CT molecular complexity index is 337. The van der Waals surface area contributed by atoms with Gasteiger partial charge in [0.25, 0.3) is 0 Å². The van der Waals surface area contributed by atoms with Gasteiger partial charge in [-0.3, -0.25) is 4.79 Å². The van der Waals surface area contributed by atoms with Gasteiger partial charge in [0.1, 0.15) is 5.69 Å². The monoisotopic (exact) mass is 207 g/mol. The first-order valence-corrected chi connectivity index (χ1v) is 5.68. The van der Waals surface area contributed by atoms with Crippen LogP contribution >= 0.6 is 0 Å². The number of aromatic nitrogens is 3. The van der Waals surface area contributed by atoms with Crippen LogP contribution in [0.5, 0.6) is 0 Å². The normalized spacial score (nSPS) is 18.7. The van der Waals surface area contributed by atoms with Crippen LogP contribution in [0.1, 0.15) is 49.0 Å². The highest BCUT2D eigenvalue weighted by molar-refractivity contribution is 5.95. The third-order valence-corrected chi connectivity index (χ3v) is 3.19. The zero-order valence-electron chi connectivity index (χ0n) is 9.15. The summed E-state index contributed by atoms with van der Waals surface area (Å²) in [6.45, 7) is 0. The van der Waals surface area contributed by atoms with Crippen LogP contribution in [-0.2, 0) is 7.05 Å². The molecule has 0 bridgehead atoms. The molecule has 1 aromatic rings. The van der Waals surface area contributed by atoms with Crippen molar-refractivity contribution in [2.75, 3.05) is 0 Å². The van der Waals surface area contributed by atoms with Crippen molar-refractivity contribution in [2.24, 2.45) is 13.0 Å². The predicted molar refractivity (Wildman–Crippen MR) is 56.5 cm³/mol. The molecule has 0 saturated heterocycles. The number of Topliss-reactive ketones (excluding diaryl/α,β-unsaturated/α-hetero) is 1. The molecule has 4 heteroatoms. The molecular formula is C11H17N3O. The maximum Gasteiger partial charge on any atom is 0.185 e. The van der Waals surface area contributed by atoms with Crippen LogP contribution in [0.3, 0.4) is 0 Å². The summed E-state index contributed by atoms with van der Waals surface area (Å²) in [7, 11) is 1.77. The average Bonchev–Trinajstić information content (AvgIpc) is 2.53. The molecule has 0 aliphatic heterocycles. The standard InChI is InChI=1S/C11H17N3O/c1-14-10(8-12-13-14)11(15)9-6-4-2-3-5-7-9/h8-9H,2-7H2,1H3. The number of hydrogen-bond donors (Lipinski definition) is 0. The van der Waals surface area contributed by atoms with Gasteiger partial charge in [-0.25, -0.2) is 4.68 Å². The van der Waals surface area contributed by atoms with Crippen molar-refractivity contribution in [3.05, 3.63) is 11.9 Å². The summed E-state index contributed by atoms with van der Waals surface area (Å²) >= 11 is 0. The van der Waals surface area contributed by atoms with Crippen LogP contribution in [0.2, 0.25) is 0 Å². The van der Waals surface area contributed by atoms with E-state index < -0.39 is 0 Å². The number of aryl methyl sites for hydroxylation is 1. The van der Waals surface area contributed by atoms with Crippen molar-refractivity contribution in [3.63, 3.8) is 0 Å². The Morgan fingerprint density at radius 3 is 2.53 bits per heavy atom. The zero-order chi connectivity index (χ0) is 10.7. The summed E-state index contributed by atoms with van der Waals surface area (Å²) in [4.78, 5) is 12.1. The van der Waals surface area contributed by atoms with Gasteiger partial charge in [0.05, 0.1) is 6.20 Å². The molecule has 1 aliphatic rings. The number of carbonyl (C=O) groups excluding carboxylic acids is 1. The van der Waals surface area contributed by atoms with E-state index in [2.05, 4.69) is 10.3 Å². The van der Waals surface area contributed by atoms with Gasteiger partial charge in [-0.2, -0.15) is 0 Å². The van der Waals surface area contributed by atoms with Crippen molar-refractivity contribution >= 4 is 5.78 Å². The molecule has 4 nitrogen and oxygen atoms in total. The third-order valence-electron chi connectivity index (χ3n) is 3.19. The Morgan fingerprint density at radius 2 is 2.00 bits per heavy atom. The molecule has 1 saturated carbocycles. The third kappa shape index (κ3) is 2.25. The van der Waals surface area contributed by atoms with Gasteiger partial charge >= 0.3 is 0 Å². The number of ketones is 1. The van der Waals surface area contributed by atoms with E-state index >= 15 is 0 Å². The van der Waals surface area contributed by atoms with E-state index in [1.54, 1.807) is 17.9 Å². The molecule has 82 valence electrons. The fraction of sp³-hybridized carbons (Fsp3) is 0.727. The SMILES string of the molecule is Cn1nncc1C(=O)C1CCCCCC1. The van der Waals surface area contributed by atoms with Gasteiger partial charge in [0, 0.05) is 13.0 Å². The highest BCUT2D eigenvalue weighted by Crippen LogP contribution is 2.25. The highest BCUT2D eigenvalue weighted by Gasteiger charge is 2.23. The van der Waals surface area contributed by atoms with Crippen LogP contribution in [0.25, 0.3) is 0 Å². The van der Waals surface area contributed by atoms with Crippen LogP contribution in [0.15, 0.2) is 6.20 Å². The molecule has 0 amide bonds. The summed E-state index contributed by atoms with van der Waals surface area (Å²) in [6, 6.07) is 0. The lowest BCUT2D eigenvalue weighted by Gasteiger charge is -2.11. The second-order valence-corrected chi connectivity index (χ2v) is 4.30. The molecular weight excluding hydrogens is 190 g/mol. The van der Waals surface area contributed by atoms with Crippen molar-refractivity contribution in [1.82, 2.24) is 15.0 Å². The second-order valence-electron chi connectivity index (χ2n) is 4.30. The average molecular weight is 207 g/mol. The zero-order valence-corrected chi connectivity index (χ0v) is 9.15. The fourth-order valence-electron chi connectivity index (χ4n) is 2.26. The molecule has 1 fully saturated rings. The first-order chi connectivity index (χ1) is 7.29. The molecule has 0 spiro atoms. The maximum absolute atomic E-state index is 12.1. The molecule has 0 aromatic carbocycles. The molecule has 1 aromatic heterocycles. The number of rotatable bonds is 2. The Hall–Kier alpha value is -1.19. The highest BCUT2D eigenvalue weighted by atomic mass is 16.1. The smallest absolute Gasteiger partial charge is 0.185 e.